The van der Waals surface area contributed by atoms with Gasteiger partial charge in [-0.2, -0.15) is 0 Å². The highest BCUT2D eigenvalue weighted by Gasteiger charge is 2.14. The van der Waals surface area contributed by atoms with Crippen molar-refractivity contribution in [1.82, 2.24) is 9.55 Å². The molecular formula is C11H11N2O3S-. The lowest BCUT2D eigenvalue weighted by molar-refractivity contribution is -0.254. The second kappa shape index (κ2) is 4.29. The normalized spacial score (nSPS) is 10.9. The summed E-state index contributed by atoms with van der Waals surface area (Å²) in [6, 6.07) is 0. The third kappa shape index (κ3) is 1.84. The summed E-state index contributed by atoms with van der Waals surface area (Å²) < 4.78 is 1.50. The Balaban J connectivity index is 2.77. The van der Waals surface area contributed by atoms with E-state index in [2.05, 4.69) is 4.98 Å². The second-order valence-electron chi connectivity index (χ2n) is 3.77. The lowest BCUT2D eigenvalue weighted by Gasteiger charge is -2.02. The van der Waals surface area contributed by atoms with Gasteiger partial charge in [0.1, 0.15) is 4.83 Å². The van der Waals surface area contributed by atoms with E-state index in [1.165, 1.54) is 10.9 Å². The van der Waals surface area contributed by atoms with Gasteiger partial charge >= 0.3 is 0 Å². The minimum atomic E-state index is -1.26. The van der Waals surface area contributed by atoms with Crippen molar-refractivity contribution in [2.24, 2.45) is 0 Å². The molecule has 0 aromatic carbocycles. The molecule has 2 rings (SSSR count). The summed E-state index contributed by atoms with van der Waals surface area (Å²) in [6.07, 6.45) is 2.28. The minimum absolute atomic E-state index is 0.0823. The average Bonchev–Trinajstić information content (AvgIpc) is 2.61. The molecule has 0 aliphatic heterocycles. The molecule has 0 fully saturated rings. The Labute approximate surface area is 101 Å². The summed E-state index contributed by atoms with van der Waals surface area (Å²) in [6.45, 7) is 4.16. The predicted octanol–water partition coefficient (Wildman–Crippen LogP) is 0.540. The number of carboxylic acid groups (broad SMARTS) is 1. The Morgan fingerprint density at radius 3 is 2.88 bits per heavy atom. The molecule has 0 amide bonds. The smallest absolute Gasteiger partial charge is 0.262 e. The van der Waals surface area contributed by atoms with E-state index in [1.807, 2.05) is 6.92 Å². The number of carboxylic acids is 1. The molecule has 0 saturated carbocycles. The molecule has 0 unspecified atom stereocenters. The molecule has 0 aliphatic rings. The van der Waals surface area contributed by atoms with Crippen molar-refractivity contribution in [2.45, 2.75) is 26.8 Å². The van der Waals surface area contributed by atoms with Gasteiger partial charge in [0.25, 0.3) is 5.56 Å². The van der Waals surface area contributed by atoms with Gasteiger partial charge in [-0.3, -0.25) is 9.36 Å². The lowest BCUT2D eigenvalue weighted by atomic mass is 10.2. The van der Waals surface area contributed by atoms with E-state index in [0.717, 1.165) is 17.8 Å². The maximum Gasteiger partial charge on any atom is 0.262 e. The average molecular weight is 251 g/mol. The highest BCUT2D eigenvalue weighted by atomic mass is 32.1. The number of aryl methyl sites for hydroxylation is 2. The van der Waals surface area contributed by atoms with Crippen LogP contribution in [0.5, 0.6) is 0 Å². The first-order chi connectivity index (χ1) is 8.06. The molecule has 2 aromatic heterocycles. The van der Waals surface area contributed by atoms with Crippen molar-refractivity contribution in [2.75, 3.05) is 0 Å². The van der Waals surface area contributed by atoms with Gasteiger partial charge in [-0.15, -0.1) is 11.3 Å². The Bertz CT molecular complexity index is 642. The molecule has 0 saturated heterocycles. The van der Waals surface area contributed by atoms with Gasteiger partial charge in [-0.05, 0) is 18.9 Å². The van der Waals surface area contributed by atoms with E-state index in [4.69, 9.17) is 0 Å². The van der Waals surface area contributed by atoms with Crippen LogP contribution in [0.25, 0.3) is 10.2 Å². The van der Waals surface area contributed by atoms with Crippen molar-refractivity contribution in [3.8, 4) is 0 Å². The quantitative estimate of drug-likeness (QED) is 0.798. The Morgan fingerprint density at radius 2 is 2.29 bits per heavy atom. The largest absolute Gasteiger partial charge is 0.544 e. The molecule has 2 aromatic rings. The third-order valence-electron chi connectivity index (χ3n) is 2.57. The van der Waals surface area contributed by atoms with Crippen LogP contribution in [-0.4, -0.2) is 15.5 Å². The number of aromatic carboxylic acids is 1. The zero-order valence-electron chi connectivity index (χ0n) is 9.52. The van der Waals surface area contributed by atoms with Crippen molar-refractivity contribution in [3.05, 3.63) is 27.1 Å². The first-order valence-electron chi connectivity index (χ1n) is 5.26. The van der Waals surface area contributed by atoms with Crippen LogP contribution in [0.4, 0.5) is 0 Å². The number of rotatable bonds is 3. The molecule has 0 aliphatic carbocycles. The zero-order chi connectivity index (χ0) is 12.6. The molecule has 0 atom stereocenters. The summed E-state index contributed by atoms with van der Waals surface area (Å²) in [5, 5.41) is 11.3. The zero-order valence-corrected chi connectivity index (χ0v) is 10.3. The van der Waals surface area contributed by atoms with Gasteiger partial charge in [0.05, 0.1) is 22.6 Å². The fourth-order valence-corrected chi connectivity index (χ4v) is 2.73. The van der Waals surface area contributed by atoms with E-state index in [0.29, 0.717) is 22.3 Å². The molecule has 0 spiro atoms. The monoisotopic (exact) mass is 251 g/mol. The fraction of sp³-hybridized carbons (Fsp3) is 0.364. The van der Waals surface area contributed by atoms with E-state index >= 15 is 0 Å². The van der Waals surface area contributed by atoms with Crippen molar-refractivity contribution < 1.29 is 9.90 Å². The highest BCUT2D eigenvalue weighted by molar-refractivity contribution is 7.20. The molecule has 17 heavy (non-hydrogen) atoms. The Kier molecular flexibility index (Phi) is 2.97. The van der Waals surface area contributed by atoms with Crippen LogP contribution >= 0.6 is 11.3 Å². The molecule has 5 nitrogen and oxygen atoms in total. The van der Waals surface area contributed by atoms with Gasteiger partial charge in [-0.1, -0.05) is 6.92 Å². The molecule has 0 N–H and O–H groups in total. The minimum Gasteiger partial charge on any atom is -0.544 e. The standard InChI is InChI=1S/C11H12N2O3S/c1-3-4-13-5-12-9-7(10(13)14)6(2)8(17-9)11(15)16/h5H,3-4H2,1-2H3,(H,15,16)/p-1. The van der Waals surface area contributed by atoms with Crippen LogP contribution in [-0.2, 0) is 6.54 Å². The van der Waals surface area contributed by atoms with Crippen molar-refractivity contribution >= 4 is 27.5 Å². The molecule has 0 bridgehead atoms. The van der Waals surface area contributed by atoms with Gasteiger partial charge in [0.15, 0.2) is 0 Å². The molecule has 90 valence electrons. The van der Waals surface area contributed by atoms with Crippen LogP contribution in [0.2, 0.25) is 0 Å². The molecule has 2 heterocycles. The lowest BCUT2D eigenvalue weighted by Crippen LogP contribution is -2.22. The third-order valence-corrected chi connectivity index (χ3v) is 3.75. The number of aromatic nitrogens is 2. The first kappa shape index (κ1) is 11.8. The number of hydrogen-bond acceptors (Lipinski definition) is 5. The molecule has 6 heteroatoms. The Morgan fingerprint density at radius 1 is 1.59 bits per heavy atom. The summed E-state index contributed by atoms with van der Waals surface area (Å²) >= 11 is 0.986. The molecular weight excluding hydrogens is 240 g/mol. The van der Waals surface area contributed by atoms with Crippen LogP contribution in [0, 0.1) is 6.92 Å². The number of fused-ring (bicyclic) bond motifs is 1. The van der Waals surface area contributed by atoms with E-state index in [9.17, 15) is 14.7 Å². The van der Waals surface area contributed by atoms with Crippen molar-refractivity contribution in [3.63, 3.8) is 0 Å². The van der Waals surface area contributed by atoms with Gasteiger partial charge in [0.2, 0.25) is 0 Å². The van der Waals surface area contributed by atoms with Crippen LogP contribution in [0.3, 0.4) is 0 Å². The van der Waals surface area contributed by atoms with E-state index in [-0.39, 0.29) is 10.4 Å². The maximum absolute atomic E-state index is 12.1. The number of carbonyl (C=O) groups excluding carboxylic acids is 1. The van der Waals surface area contributed by atoms with Crippen LogP contribution in [0.1, 0.15) is 28.6 Å². The van der Waals surface area contributed by atoms with E-state index < -0.39 is 5.97 Å². The first-order valence-corrected chi connectivity index (χ1v) is 6.07. The maximum atomic E-state index is 12.1. The predicted molar refractivity (Wildman–Crippen MR) is 63.2 cm³/mol. The molecule has 0 radical (unpaired) electrons. The van der Waals surface area contributed by atoms with Gasteiger partial charge < -0.3 is 9.90 Å². The SMILES string of the molecule is CCCn1cnc2sc(C(=O)[O-])c(C)c2c1=O. The Hall–Kier alpha value is -1.69. The van der Waals surface area contributed by atoms with Crippen LogP contribution < -0.4 is 10.7 Å². The summed E-state index contributed by atoms with van der Waals surface area (Å²) in [7, 11) is 0. The van der Waals surface area contributed by atoms with E-state index in [1.54, 1.807) is 6.92 Å². The summed E-state index contributed by atoms with van der Waals surface area (Å²) in [5.41, 5.74) is 0.269. The van der Waals surface area contributed by atoms with Crippen molar-refractivity contribution in [1.29, 1.82) is 0 Å². The summed E-state index contributed by atoms with van der Waals surface area (Å²) in [4.78, 5) is 27.6. The number of nitrogens with zero attached hydrogens (tertiary/aromatic N) is 2. The number of hydrogen-bond donors (Lipinski definition) is 0. The second-order valence-corrected chi connectivity index (χ2v) is 4.77. The topological polar surface area (TPSA) is 75.0 Å². The summed E-state index contributed by atoms with van der Waals surface area (Å²) in [5.74, 6) is -1.26. The fourth-order valence-electron chi connectivity index (χ4n) is 1.75. The highest BCUT2D eigenvalue weighted by Crippen LogP contribution is 2.25. The van der Waals surface area contributed by atoms with Crippen LogP contribution in [0.15, 0.2) is 11.1 Å². The van der Waals surface area contributed by atoms with Gasteiger partial charge in [-0.25, -0.2) is 4.98 Å². The van der Waals surface area contributed by atoms with Gasteiger partial charge in [0, 0.05) is 6.54 Å². The number of carbonyl (C=O) groups is 1. The number of thiophene rings is 1.